The number of benzene rings is 1. The lowest BCUT2D eigenvalue weighted by Crippen LogP contribution is -2.38. The summed E-state index contributed by atoms with van der Waals surface area (Å²) in [6.45, 7) is 8.54. The van der Waals surface area contributed by atoms with Crippen LogP contribution in [0.2, 0.25) is 0 Å². The van der Waals surface area contributed by atoms with Crippen LogP contribution in [0.25, 0.3) is 5.70 Å². The molecule has 1 aromatic carbocycles. The first-order chi connectivity index (χ1) is 13.2. The summed E-state index contributed by atoms with van der Waals surface area (Å²) in [5.41, 5.74) is 5.10. The normalized spacial score (nSPS) is 21.6. The Balaban J connectivity index is 0.00000102. The molecule has 0 amide bonds. The van der Waals surface area contributed by atoms with Crippen molar-refractivity contribution in [3.63, 3.8) is 0 Å². The Morgan fingerprint density at radius 1 is 1.07 bits per heavy atom. The van der Waals surface area contributed by atoms with E-state index in [0.717, 1.165) is 5.75 Å². The SMILES string of the molecule is CC.COc1cccc(C2=C(C)N(C)C3C=CC(N4CCCCC4)=CN23)c1. The lowest BCUT2D eigenvalue weighted by Gasteiger charge is -2.36. The molecule has 4 nitrogen and oxygen atoms in total. The number of likely N-dealkylation sites (N-methyl/N-ethyl adjacent to an activating group) is 1. The summed E-state index contributed by atoms with van der Waals surface area (Å²) in [5, 5.41) is 0. The van der Waals surface area contributed by atoms with E-state index in [2.05, 4.69) is 65.2 Å². The molecule has 0 N–H and O–H groups in total. The van der Waals surface area contributed by atoms with Gasteiger partial charge >= 0.3 is 0 Å². The zero-order chi connectivity index (χ0) is 19.4. The van der Waals surface area contributed by atoms with Gasteiger partial charge in [-0.15, -0.1) is 0 Å². The lowest BCUT2D eigenvalue weighted by molar-refractivity contribution is 0.246. The molecule has 1 aromatic rings. The van der Waals surface area contributed by atoms with E-state index in [1.807, 2.05) is 19.9 Å². The Morgan fingerprint density at radius 3 is 2.52 bits per heavy atom. The van der Waals surface area contributed by atoms with Crippen molar-refractivity contribution in [2.45, 2.75) is 46.2 Å². The number of ether oxygens (including phenoxy) is 1. The van der Waals surface area contributed by atoms with E-state index < -0.39 is 0 Å². The van der Waals surface area contributed by atoms with Crippen LogP contribution in [0.15, 0.2) is 54.0 Å². The number of hydrogen-bond donors (Lipinski definition) is 0. The van der Waals surface area contributed by atoms with Crippen LogP contribution in [0, 0.1) is 0 Å². The Morgan fingerprint density at radius 2 is 1.81 bits per heavy atom. The van der Waals surface area contributed by atoms with E-state index in [1.54, 1.807) is 7.11 Å². The van der Waals surface area contributed by atoms with E-state index in [1.165, 1.54) is 55.0 Å². The van der Waals surface area contributed by atoms with Crippen LogP contribution in [0.1, 0.15) is 45.6 Å². The lowest BCUT2D eigenvalue weighted by atomic mass is 10.1. The molecule has 27 heavy (non-hydrogen) atoms. The Labute approximate surface area is 164 Å². The van der Waals surface area contributed by atoms with Gasteiger partial charge < -0.3 is 19.4 Å². The molecule has 1 saturated heterocycles. The highest BCUT2D eigenvalue weighted by molar-refractivity contribution is 5.71. The van der Waals surface area contributed by atoms with Crippen molar-refractivity contribution in [3.8, 4) is 5.75 Å². The van der Waals surface area contributed by atoms with Gasteiger partial charge in [-0.3, -0.25) is 0 Å². The molecule has 0 spiro atoms. The maximum absolute atomic E-state index is 5.44. The van der Waals surface area contributed by atoms with Crippen LogP contribution >= 0.6 is 0 Å². The van der Waals surface area contributed by atoms with E-state index >= 15 is 0 Å². The summed E-state index contributed by atoms with van der Waals surface area (Å²) in [7, 11) is 3.90. The van der Waals surface area contributed by atoms with Crippen molar-refractivity contribution in [2.75, 3.05) is 27.2 Å². The molecule has 3 heterocycles. The molecule has 3 aliphatic heterocycles. The molecule has 4 heteroatoms. The van der Waals surface area contributed by atoms with Crippen LogP contribution in [0.5, 0.6) is 5.75 Å². The second-order valence-corrected chi connectivity index (χ2v) is 7.06. The van der Waals surface area contributed by atoms with Crippen LogP contribution in [-0.2, 0) is 0 Å². The number of hydrogen-bond acceptors (Lipinski definition) is 4. The highest BCUT2D eigenvalue weighted by Crippen LogP contribution is 2.39. The van der Waals surface area contributed by atoms with Crippen LogP contribution in [0.3, 0.4) is 0 Å². The average molecular weight is 368 g/mol. The molecule has 1 fully saturated rings. The zero-order valence-corrected chi connectivity index (χ0v) is 17.4. The number of fused-ring (bicyclic) bond motifs is 1. The molecular weight excluding hydrogens is 334 g/mol. The summed E-state index contributed by atoms with van der Waals surface area (Å²) in [6.07, 6.45) is 11.2. The maximum atomic E-state index is 5.44. The third kappa shape index (κ3) is 3.71. The van der Waals surface area contributed by atoms with E-state index in [9.17, 15) is 0 Å². The molecule has 0 saturated carbocycles. The zero-order valence-electron chi connectivity index (χ0n) is 17.4. The van der Waals surface area contributed by atoms with Gasteiger partial charge in [-0.05, 0) is 50.5 Å². The fourth-order valence-electron chi connectivity index (χ4n) is 4.07. The molecule has 146 valence electrons. The van der Waals surface area contributed by atoms with E-state index in [4.69, 9.17) is 4.74 Å². The van der Waals surface area contributed by atoms with E-state index in [0.29, 0.717) is 0 Å². The number of allylic oxidation sites excluding steroid dienone is 2. The topological polar surface area (TPSA) is 19.0 Å². The summed E-state index contributed by atoms with van der Waals surface area (Å²) < 4.78 is 5.44. The van der Waals surface area contributed by atoms with Crippen LogP contribution < -0.4 is 4.74 Å². The Bertz CT molecular complexity index is 744. The fourth-order valence-corrected chi connectivity index (χ4v) is 4.07. The minimum absolute atomic E-state index is 0.259. The highest BCUT2D eigenvalue weighted by Gasteiger charge is 2.34. The van der Waals surface area contributed by atoms with Crippen molar-refractivity contribution in [1.29, 1.82) is 0 Å². The quantitative estimate of drug-likeness (QED) is 0.758. The Kier molecular flexibility index (Phi) is 6.15. The number of likely N-dealkylation sites (tertiary alicyclic amines) is 1. The smallest absolute Gasteiger partial charge is 0.125 e. The molecule has 0 aliphatic carbocycles. The van der Waals surface area contributed by atoms with Gasteiger partial charge in [0.25, 0.3) is 0 Å². The number of rotatable bonds is 3. The first-order valence-corrected chi connectivity index (χ1v) is 10.2. The van der Waals surface area contributed by atoms with Gasteiger partial charge in [0.15, 0.2) is 0 Å². The molecule has 0 bridgehead atoms. The van der Waals surface area contributed by atoms with Crippen molar-refractivity contribution in [3.05, 3.63) is 59.6 Å². The van der Waals surface area contributed by atoms with Gasteiger partial charge in [-0.25, -0.2) is 0 Å². The third-order valence-electron chi connectivity index (χ3n) is 5.59. The first-order valence-electron chi connectivity index (χ1n) is 10.2. The third-order valence-corrected chi connectivity index (χ3v) is 5.59. The number of nitrogens with zero attached hydrogens (tertiary/aromatic N) is 3. The van der Waals surface area contributed by atoms with Gasteiger partial charge in [0, 0.05) is 37.6 Å². The van der Waals surface area contributed by atoms with E-state index in [-0.39, 0.29) is 6.17 Å². The van der Waals surface area contributed by atoms with Crippen molar-refractivity contribution >= 4 is 5.70 Å². The van der Waals surface area contributed by atoms with Crippen LogP contribution in [0.4, 0.5) is 0 Å². The molecular formula is C23H33N3O. The largest absolute Gasteiger partial charge is 0.497 e. The fraction of sp³-hybridized carbons (Fsp3) is 0.478. The van der Waals surface area contributed by atoms with Gasteiger partial charge in [-0.2, -0.15) is 0 Å². The summed E-state index contributed by atoms with van der Waals surface area (Å²) in [5.74, 6) is 0.900. The average Bonchev–Trinajstić information content (AvgIpc) is 3.00. The molecule has 1 unspecified atom stereocenters. The van der Waals surface area contributed by atoms with Crippen LogP contribution in [-0.4, -0.2) is 48.1 Å². The molecule has 4 rings (SSSR count). The molecule has 1 atom stereocenters. The standard InChI is InChI=1S/C21H27N3O.C2H6/c1-16-21(17-8-7-9-19(14-17)25-3)24-15-18(10-11-20(24)22(16)2)23-12-5-4-6-13-23;1-2/h7-11,14-15,20H,4-6,12-13H2,1-3H3;1-2H3. The predicted molar refractivity (Wildman–Crippen MR) is 113 cm³/mol. The second kappa shape index (κ2) is 8.55. The molecule has 3 aliphatic rings. The highest BCUT2D eigenvalue weighted by atomic mass is 16.5. The second-order valence-electron chi connectivity index (χ2n) is 7.06. The predicted octanol–water partition coefficient (Wildman–Crippen LogP) is 4.88. The van der Waals surface area contributed by atoms with Gasteiger partial charge in [0.05, 0.1) is 18.5 Å². The van der Waals surface area contributed by atoms with Gasteiger partial charge in [0.2, 0.25) is 0 Å². The van der Waals surface area contributed by atoms with Crippen molar-refractivity contribution < 1.29 is 4.74 Å². The number of piperidine rings is 1. The summed E-state index contributed by atoms with van der Waals surface area (Å²) >= 11 is 0. The first kappa shape index (κ1) is 19.4. The summed E-state index contributed by atoms with van der Waals surface area (Å²) in [6, 6.07) is 8.36. The minimum Gasteiger partial charge on any atom is -0.497 e. The maximum Gasteiger partial charge on any atom is 0.125 e. The van der Waals surface area contributed by atoms with Crippen molar-refractivity contribution in [2.24, 2.45) is 0 Å². The monoisotopic (exact) mass is 367 g/mol. The molecule has 0 aromatic heterocycles. The summed E-state index contributed by atoms with van der Waals surface area (Å²) in [4.78, 5) is 7.27. The molecule has 0 radical (unpaired) electrons. The minimum atomic E-state index is 0.259. The van der Waals surface area contributed by atoms with Gasteiger partial charge in [0.1, 0.15) is 11.9 Å². The van der Waals surface area contributed by atoms with Gasteiger partial charge in [-0.1, -0.05) is 26.0 Å². The number of methoxy groups -OCH3 is 1. The Hall–Kier alpha value is -2.36. The van der Waals surface area contributed by atoms with Crippen molar-refractivity contribution in [1.82, 2.24) is 14.7 Å².